The third-order valence-electron chi connectivity index (χ3n) is 4.43. The Morgan fingerprint density at radius 1 is 1.42 bits per heavy atom. The highest BCUT2D eigenvalue weighted by atomic mass is 32.2. The van der Waals surface area contributed by atoms with Crippen LogP contribution in [-0.2, 0) is 6.42 Å². The van der Waals surface area contributed by atoms with E-state index in [-0.39, 0.29) is 0 Å². The Balaban J connectivity index is 2.04. The number of thioether (sulfide) groups is 1. The average molecular weight is 274 g/mol. The second-order valence-electron chi connectivity index (χ2n) is 5.59. The lowest BCUT2D eigenvalue weighted by Crippen LogP contribution is -2.27. The molecule has 0 aliphatic carbocycles. The van der Waals surface area contributed by atoms with Crippen LogP contribution in [0.2, 0.25) is 0 Å². The molecule has 0 saturated carbocycles. The molecule has 1 aliphatic rings. The third kappa shape index (κ3) is 2.30. The highest BCUT2D eigenvalue weighted by Crippen LogP contribution is 2.33. The smallest absolute Gasteiger partial charge is 0.0470 e. The second-order valence-corrected chi connectivity index (χ2v) is 6.44. The van der Waals surface area contributed by atoms with Crippen LogP contribution < -0.4 is 0 Å². The lowest BCUT2D eigenvalue weighted by molar-refractivity contribution is 0.309. The summed E-state index contributed by atoms with van der Waals surface area (Å²) in [4.78, 5) is 7.47. The first-order valence-corrected chi connectivity index (χ1v) is 8.27. The molecular formula is C16H22N2S. The van der Waals surface area contributed by atoms with E-state index in [2.05, 4.69) is 48.3 Å². The number of likely N-dealkylation sites (N-methyl/N-ethyl adjacent to an activating group) is 1. The lowest BCUT2D eigenvalue weighted by atomic mass is 10.0. The third-order valence-corrected chi connectivity index (χ3v) is 5.21. The molecule has 1 saturated heterocycles. The first-order valence-electron chi connectivity index (χ1n) is 7.05. The van der Waals surface area contributed by atoms with Crippen LogP contribution in [0.25, 0.3) is 10.9 Å². The number of hydrogen-bond donors (Lipinski definition) is 1. The molecule has 1 aliphatic heterocycles. The molecule has 1 fully saturated rings. The van der Waals surface area contributed by atoms with Crippen molar-refractivity contribution >= 4 is 22.7 Å². The van der Waals surface area contributed by atoms with Gasteiger partial charge in [0.05, 0.1) is 0 Å². The number of rotatable bonds is 3. The van der Waals surface area contributed by atoms with Gasteiger partial charge < -0.3 is 9.88 Å². The maximum atomic E-state index is 3.56. The van der Waals surface area contributed by atoms with Gasteiger partial charge in [-0.1, -0.05) is 6.07 Å². The number of aromatic amines is 1. The molecule has 2 aromatic rings. The van der Waals surface area contributed by atoms with Crippen LogP contribution in [0.15, 0.2) is 23.1 Å². The van der Waals surface area contributed by atoms with Crippen molar-refractivity contribution in [2.45, 2.75) is 37.1 Å². The molecule has 1 atom stereocenters. The molecule has 2 heterocycles. The van der Waals surface area contributed by atoms with Crippen LogP contribution in [0.4, 0.5) is 0 Å². The Labute approximate surface area is 119 Å². The predicted octanol–water partition coefficient (Wildman–Crippen LogP) is 3.83. The van der Waals surface area contributed by atoms with E-state index >= 15 is 0 Å². The van der Waals surface area contributed by atoms with Crippen molar-refractivity contribution in [3.05, 3.63) is 29.5 Å². The number of nitrogens with one attached hydrogen (secondary N) is 1. The summed E-state index contributed by atoms with van der Waals surface area (Å²) >= 11 is 1.85. The fourth-order valence-electron chi connectivity index (χ4n) is 3.31. The number of likely N-dealkylation sites (tertiary alicyclic amines) is 1. The first kappa shape index (κ1) is 13.1. The average Bonchev–Trinajstić information content (AvgIpc) is 2.94. The Kier molecular flexibility index (Phi) is 3.59. The van der Waals surface area contributed by atoms with Gasteiger partial charge in [-0.2, -0.15) is 0 Å². The molecule has 102 valence electrons. The van der Waals surface area contributed by atoms with E-state index in [1.54, 1.807) is 0 Å². The summed E-state index contributed by atoms with van der Waals surface area (Å²) < 4.78 is 0. The van der Waals surface area contributed by atoms with E-state index in [0.717, 1.165) is 0 Å². The summed E-state index contributed by atoms with van der Waals surface area (Å²) in [5, 5.41) is 1.45. The number of aromatic nitrogens is 1. The Morgan fingerprint density at radius 3 is 2.95 bits per heavy atom. The van der Waals surface area contributed by atoms with E-state index in [4.69, 9.17) is 0 Å². The van der Waals surface area contributed by atoms with Crippen molar-refractivity contribution < 1.29 is 0 Å². The molecule has 0 spiro atoms. The molecule has 1 N–H and O–H groups in total. The summed E-state index contributed by atoms with van der Waals surface area (Å²) in [6.07, 6.45) is 6.03. The van der Waals surface area contributed by atoms with Crippen molar-refractivity contribution in [2.75, 3.05) is 19.8 Å². The van der Waals surface area contributed by atoms with Crippen LogP contribution in [0.3, 0.4) is 0 Å². The highest BCUT2D eigenvalue weighted by molar-refractivity contribution is 7.98. The second kappa shape index (κ2) is 5.22. The molecule has 0 amide bonds. The Bertz CT molecular complexity index is 588. The summed E-state index contributed by atoms with van der Waals surface area (Å²) in [7, 11) is 2.26. The monoisotopic (exact) mass is 274 g/mol. The normalized spacial score (nSPS) is 20.5. The zero-order chi connectivity index (χ0) is 13.4. The quantitative estimate of drug-likeness (QED) is 0.858. The molecule has 1 aromatic carbocycles. The number of benzene rings is 1. The van der Waals surface area contributed by atoms with E-state index in [1.165, 1.54) is 52.9 Å². The van der Waals surface area contributed by atoms with Crippen molar-refractivity contribution in [3.8, 4) is 0 Å². The lowest BCUT2D eigenvalue weighted by Gasteiger charge is -2.19. The molecule has 0 bridgehead atoms. The van der Waals surface area contributed by atoms with Gasteiger partial charge in [0.25, 0.3) is 0 Å². The van der Waals surface area contributed by atoms with E-state index in [9.17, 15) is 0 Å². The van der Waals surface area contributed by atoms with Crippen LogP contribution in [-0.4, -0.2) is 35.8 Å². The molecule has 2 nitrogen and oxygen atoms in total. The van der Waals surface area contributed by atoms with Gasteiger partial charge in [0.2, 0.25) is 0 Å². The summed E-state index contributed by atoms with van der Waals surface area (Å²) in [5.74, 6) is 0. The van der Waals surface area contributed by atoms with Gasteiger partial charge in [-0.3, -0.25) is 0 Å². The summed E-state index contributed by atoms with van der Waals surface area (Å²) in [6, 6.07) is 7.30. The van der Waals surface area contributed by atoms with E-state index in [0.29, 0.717) is 6.04 Å². The molecule has 1 aromatic heterocycles. The number of hydrogen-bond acceptors (Lipinski definition) is 2. The number of H-pyrrole nitrogens is 1. The number of nitrogens with zero attached hydrogens (tertiary/aromatic N) is 1. The molecule has 3 rings (SSSR count). The van der Waals surface area contributed by atoms with Crippen LogP contribution in [0, 0.1) is 6.92 Å². The summed E-state index contributed by atoms with van der Waals surface area (Å²) in [5.41, 5.74) is 4.16. The zero-order valence-corrected chi connectivity index (χ0v) is 12.8. The largest absolute Gasteiger partial charge is 0.358 e. The molecule has 0 unspecified atom stereocenters. The van der Waals surface area contributed by atoms with Crippen molar-refractivity contribution in [1.82, 2.24) is 9.88 Å². The topological polar surface area (TPSA) is 19.0 Å². The maximum absolute atomic E-state index is 3.56. The Morgan fingerprint density at radius 2 is 2.26 bits per heavy atom. The number of aryl methyl sites for hydroxylation is 1. The minimum absolute atomic E-state index is 0.715. The maximum Gasteiger partial charge on any atom is 0.0470 e. The standard InChI is InChI=1S/C16H22N2S/c1-11-13(10-12-6-5-9-18(12)2)16-14(17-11)7-4-8-15(16)19-3/h4,7-8,12,17H,5-6,9-10H2,1-3H3/t12-/m1/s1. The zero-order valence-electron chi connectivity index (χ0n) is 12.0. The van der Waals surface area contributed by atoms with E-state index < -0.39 is 0 Å². The van der Waals surface area contributed by atoms with Gasteiger partial charge >= 0.3 is 0 Å². The minimum Gasteiger partial charge on any atom is -0.358 e. The van der Waals surface area contributed by atoms with Crippen molar-refractivity contribution in [2.24, 2.45) is 0 Å². The fourth-order valence-corrected chi connectivity index (χ4v) is 3.96. The SMILES string of the molecule is CSc1cccc2[nH]c(C)c(C[C@H]3CCCN3C)c12. The van der Waals surface area contributed by atoms with Gasteiger partial charge in [-0.15, -0.1) is 11.8 Å². The fraction of sp³-hybridized carbons (Fsp3) is 0.500. The van der Waals surface area contributed by atoms with Crippen LogP contribution >= 0.6 is 11.8 Å². The minimum atomic E-state index is 0.715. The molecule has 0 radical (unpaired) electrons. The van der Waals surface area contributed by atoms with Crippen molar-refractivity contribution in [1.29, 1.82) is 0 Å². The first-order chi connectivity index (χ1) is 9.20. The Hall–Kier alpha value is -0.930. The number of fused-ring (bicyclic) bond motifs is 1. The van der Waals surface area contributed by atoms with Gasteiger partial charge in [-0.05, 0) is 63.7 Å². The molecular weight excluding hydrogens is 252 g/mol. The predicted molar refractivity (Wildman–Crippen MR) is 84.2 cm³/mol. The molecule has 3 heteroatoms. The van der Waals surface area contributed by atoms with Crippen LogP contribution in [0.5, 0.6) is 0 Å². The van der Waals surface area contributed by atoms with Gasteiger partial charge in [-0.25, -0.2) is 0 Å². The van der Waals surface area contributed by atoms with Crippen LogP contribution in [0.1, 0.15) is 24.1 Å². The van der Waals surface area contributed by atoms with Crippen molar-refractivity contribution in [3.63, 3.8) is 0 Å². The van der Waals surface area contributed by atoms with Gasteiger partial charge in [0.15, 0.2) is 0 Å². The highest BCUT2D eigenvalue weighted by Gasteiger charge is 2.23. The molecule has 19 heavy (non-hydrogen) atoms. The van der Waals surface area contributed by atoms with Gasteiger partial charge in [0, 0.05) is 27.5 Å². The van der Waals surface area contributed by atoms with Gasteiger partial charge in [0.1, 0.15) is 0 Å². The summed E-state index contributed by atoms with van der Waals surface area (Å²) in [6.45, 7) is 3.47. The van der Waals surface area contributed by atoms with E-state index in [1.807, 2.05) is 11.8 Å².